The fourth-order valence-corrected chi connectivity index (χ4v) is 2.09. The number of H-pyrrole nitrogens is 1. The Kier molecular flexibility index (Phi) is 3.88. The van der Waals surface area contributed by atoms with Crippen LogP contribution >= 0.6 is 11.6 Å². The number of halogens is 1. The zero-order valence-electron chi connectivity index (χ0n) is 11.6. The van der Waals surface area contributed by atoms with E-state index < -0.39 is 0 Å². The predicted molar refractivity (Wildman–Crippen MR) is 85.3 cm³/mol. The first-order valence-corrected chi connectivity index (χ1v) is 7.06. The summed E-state index contributed by atoms with van der Waals surface area (Å²) in [6, 6.07) is 15.7. The fraction of sp³-hybridized carbons (Fsp3) is 0.125. The lowest BCUT2D eigenvalue weighted by Crippen LogP contribution is -2.01. The van der Waals surface area contributed by atoms with Crippen molar-refractivity contribution in [3.8, 4) is 11.4 Å². The summed E-state index contributed by atoms with van der Waals surface area (Å²) in [5.41, 5.74) is 3.24. The van der Waals surface area contributed by atoms with Gasteiger partial charge in [0.15, 0.2) is 5.82 Å². The summed E-state index contributed by atoms with van der Waals surface area (Å²) in [6.45, 7) is 2.67. The molecule has 0 aliphatic rings. The molecule has 2 N–H and O–H groups in total. The molecule has 1 aromatic heterocycles. The summed E-state index contributed by atoms with van der Waals surface area (Å²) >= 11 is 5.87. The van der Waals surface area contributed by atoms with Crippen LogP contribution in [0.25, 0.3) is 11.4 Å². The van der Waals surface area contributed by atoms with Crippen molar-refractivity contribution in [1.29, 1.82) is 0 Å². The molecule has 0 aliphatic heterocycles. The molecule has 0 amide bonds. The van der Waals surface area contributed by atoms with Gasteiger partial charge in [-0.1, -0.05) is 29.3 Å². The number of anilines is 1. The topological polar surface area (TPSA) is 53.6 Å². The Labute approximate surface area is 128 Å². The van der Waals surface area contributed by atoms with Crippen molar-refractivity contribution in [3.63, 3.8) is 0 Å². The molecule has 1 heterocycles. The van der Waals surface area contributed by atoms with Crippen LogP contribution in [-0.2, 0) is 6.54 Å². The second-order valence-corrected chi connectivity index (χ2v) is 5.27. The van der Waals surface area contributed by atoms with Gasteiger partial charge in [-0.25, -0.2) is 4.98 Å². The van der Waals surface area contributed by atoms with Crippen LogP contribution in [0.15, 0.2) is 48.5 Å². The minimum atomic E-state index is 0.601. The molecule has 0 radical (unpaired) electrons. The van der Waals surface area contributed by atoms with Crippen molar-refractivity contribution in [2.45, 2.75) is 13.5 Å². The molecule has 0 fully saturated rings. The normalized spacial score (nSPS) is 10.6. The summed E-state index contributed by atoms with van der Waals surface area (Å²) in [7, 11) is 0. The first kappa shape index (κ1) is 13.6. The van der Waals surface area contributed by atoms with Gasteiger partial charge in [0.1, 0.15) is 5.82 Å². The Morgan fingerprint density at radius 3 is 2.48 bits per heavy atom. The fourth-order valence-electron chi connectivity index (χ4n) is 1.96. The van der Waals surface area contributed by atoms with Crippen LogP contribution in [0.2, 0.25) is 5.02 Å². The summed E-state index contributed by atoms with van der Waals surface area (Å²) in [4.78, 5) is 4.47. The predicted octanol–water partition coefficient (Wildman–Crippen LogP) is 4.05. The maximum absolute atomic E-state index is 5.87. The number of hydrogen-bond acceptors (Lipinski definition) is 3. The Balaban J connectivity index is 1.67. The average Bonchev–Trinajstić information content (AvgIpc) is 2.96. The van der Waals surface area contributed by atoms with Crippen molar-refractivity contribution in [3.05, 3.63) is 64.9 Å². The van der Waals surface area contributed by atoms with Crippen molar-refractivity contribution in [1.82, 2.24) is 15.2 Å². The van der Waals surface area contributed by atoms with Crippen LogP contribution in [0.4, 0.5) is 5.69 Å². The molecule has 3 rings (SSSR count). The SMILES string of the molecule is Cc1ccc(NCc2nc(-c3ccc(Cl)cc3)n[nH]2)cc1. The van der Waals surface area contributed by atoms with Gasteiger partial charge in [-0.3, -0.25) is 5.10 Å². The zero-order chi connectivity index (χ0) is 14.7. The molecule has 0 saturated carbocycles. The van der Waals surface area contributed by atoms with E-state index in [1.165, 1.54) is 5.56 Å². The third-order valence-electron chi connectivity index (χ3n) is 3.15. The third-order valence-corrected chi connectivity index (χ3v) is 3.40. The lowest BCUT2D eigenvalue weighted by atomic mass is 10.2. The van der Waals surface area contributed by atoms with Crippen LogP contribution in [0.1, 0.15) is 11.4 Å². The summed E-state index contributed by atoms with van der Waals surface area (Å²) in [6.07, 6.45) is 0. The molecule has 4 nitrogen and oxygen atoms in total. The maximum Gasteiger partial charge on any atom is 0.181 e. The van der Waals surface area contributed by atoms with Gasteiger partial charge >= 0.3 is 0 Å². The van der Waals surface area contributed by atoms with Crippen molar-refractivity contribution < 1.29 is 0 Å². The summed E-state index contributed by atoms with van der Waals surface area (Å²) < 4.78 is 0. The van der Waals surface area contributed by atoms with Crippen LogP contribution in [0.5, 0.6) is 0 Å². The second-order valence-electron chi connectivity index (χ2n) is 4.83. The molecule has 0 atom stereocenters. The van der Waals surface area contributed by atoms with E-state index >= 15 is 0 Å². The molecule has 21 heavy (non-hydrogen) atoms. The minimum Gasteiger partial charge on any atom is -0.378 e. The monoisotopic (exact) mass is 298 g/mol. The molecular formula is C16H15ClN4. The Hall–Kier alpha value is -2.33. The van der Waals surface area contributed by atoms with E-state index in [1.807, 2.05) is 36.4 Å². The van der Waals surface area contributed by atoms with Gasteiger partial charge in [-0.2, -0.15) is 5.10 Å². The minimum absolute atomic E-state index is 0.601. The van der Waals surface area contributed by atoms with Gasteiger partial charge in [0.25, 0.3) is 0 Å². The van der Waals surface area contributed by atoms with Gasteiger partial charge in [0.05, 0.1) is 6.54 Å². The van der Waals surface area contributed by atoms with E-state index in [0.29, 0.717) is 17.4 Å². The first-order chi connectivity index (χ1) is 10.2. The number of aromatic amines is 1. The van der Waals surface area contributed by atoms with Crippen LogP contribution in [-0.4, -0.2) is 15.2 Å². The third kappa shape index (κ3) is 3.41. The second kappa shape index (κ2) is 5.97. The van der Waals surface area contributed by atoms with Crippen LogP contribution < -0.4 is 5.32 Å². The highest BCUT2D eigenvalue weighted by molar-refractivity contribution is 6.30. The lowest BCUT2D eigenvalue weighted by molar-refractivity contribution is 0.955. The smallest absolute Gasteiger partial charge is 0.181 e. The number of aromatic nitrogens is 3. The number of nitrogens with zero attached hydrogens (tertiary/aromatic N) is 2. The maximum atomic E-state index is 5.87. The molecule has 0 saturated heterocycles. The standard InChI is InChI=1S/C16H15ClN4/c1-11-2-8-14(9-3-11)18-10-15-19-16(21-20-15)12-4-6-13(17)7-5-12/h2-9,18H,10H2,1H3,(H,19,20,21). The molecule has 0 bridgehead atoms. The number of rotatable bonds is 4. The van der Waals surface area contributed by atoms with Crippen LogP contribution in [0, 0.1) is 6.92 Å². The molecule has 2 aromatic carbocycles. The molecule has 0 aliphatic carbocycles. The molecule has 0 spiro atoms. The average molecular weight is 299 g/mol. The Morgan fingerprint density at radius 2 is 1.76 bits per heavy atom. The van der Waals surface area contributed by atoms with Gasteiger partial charge in [-0.05, 0) is 43.3 Å². The van der Waals surface area contributed by atoms with E-state index in [-0.39, 0.29) is 0 Å². The van der Waals surface area contributed by atoms with Crippen molar-refractivity contribution >= 4 is 17.3 Å². The van der Waals surface area contributed by atoms with Gasteiger partial charge in [-0.15, -0.1) is 0 Å². The van der Waals surface area contributed by atoms with E-state index in [1.54, 1.807) is 0 Å². The number of hydrogen-bond donors (Lipinski definition) is 2. The van der Waals surface area contributed by atoms with Crippen LogP contribution in [0.3, 0.4) is 0 Å². The first-order valence-electron chi connectivity index (χ1n) is 6.68. The molecule has 5 heteroatoms. The number of aryl methyl sites for hydroxylation is 1. The lowest BCUT2D eigenvalue weighted by Gasteiger charge is -2.03. The highest BCUT2D eigenvalue weighted by Crippen LogP contribution is 2.18. The zero-order valence-corrected chi connectivity index (χ0v) is 12.4. The Bertz CT molecular complexity index is 717. The highest BCUT2D eigenvalue weighted by Gasteiger charge is 2.05. The van der Waals surface area contributed by atoms with Gasteiger partial charge < -0.3 is 5.32 Å². The van der Waals surface area contributed by atoms with E-state index in [4.69, 9.17) is 11.6 Å². The summed E-state index contributed by atoms with van der Waals surface area (Å²) in [5, 5.41) is 11.2. The summed E-state index contributed by atoms with van der Waals surface area (Å²) in [5.74, 6) is 1.47. The van der Waals surface area contributed by atoms with Crippen molar-refractivity contribution in [2.75, 3.05) is 5.32 Å². The molecule has 106 valence electrons. The van der Waals surface area contributed by atoms with E-state index in [9.17, 15) is 0 Å². The quantitative estimate of drug-likeness (QED) is 0.764. The number of nitrogens with one attached hydrogen (secondary N) is 2. The molecule has 3 aromatic rings. The highest BCUT2D eigenvalue weighted by atomic mass is 35.5. The molecule has 0 unspecified atom stereocenters. The van der Waals surface area contributed by atoms with E-state index in [2.05, 4.69) is 39.6 Å². The van der Waals surface area contributed by atoms with Gasteiger partial charge in [0, 0.05) is 16.3 Å². The largest absolute Gasteiger partial charge is 0.378 e. The van der Waals surface area contributed by atoms with Gasteiger partial charge in [0.2, 0.25) is 0 Å². The van der Waals surface area contributed by atoms with Crippen molar-refractivity contribution in [2.24, 2.45) is 0 Å². The Morgan fingerprint density at radius 1 is 1.05 bits per heavy atom. The molecular weight excluding hydrogens is 284 g/mol. The van der Waals surface area contributed by atoms with E-state index in [0.717, 1.165) is 17.1 Å². The number of benzene rings is 2.